The fraction of sp³-hybridized carbons (Fsp3) is 0.778. The Bertz CT molecular complexity index is 246. The Morgan fingerprint density at radius 2 is 1.79 bits per heavy atom. The quantitative estimate of drug-likeness (QED) is 0.495. The van der Waals surface area contributed by atoms with Crippen LogP contribution in [-0.4, -0.2) is 35.7 Å². The molecule has 1 fully saturated rings. The van der Waals surface area contributed by atoms with Crippen molar-refractivity contribution in [3.05, 3.63) is 4.91 Å². The predicted molar refractivity (Wildman–Crippen MR) is 50.7 cm³/mol. The molecule has 0 bridgehead atoms. The molecule has 0 aromatic heterocycles. The van der Waals surface area contributed by atoms with Crippen LogP contribution in [0.3, 0.4) is 0 Å². The van der Waals surface area contributed by atoms with Crippen LogP contribution in [0.15, 0.2) is 5.18 Å². The Hall–Kier alpha value is -1.26. The van der Waals surface area contributed by atoms with Crippen LogP contribution in [0.2, 0.25) is 0 Å². The van der Waals surface area contributed by atoms with E-state index in [1.165, 1.54) is 6.92 Å². The van der Waals surface area contributed by atoms with Gasteiger partial charge in [0.1, 0.15) is 0 Å². The van der Waals surface area contributed by atoms with E-state index in [1.807, 2.05) is 0 Å². The first-order valence-electron chi connectivity index (χ1n) is 4.78. The zero-order valence-electron chi connectivity index (χ0n) is 8.23. The first-order chi connectivity index (χ1) is 6.66. The molecule has 1 rings (SSSR count). The molecule has 14 heavy (non-hydrogen) atoms. The molecule has 5 nitrogen and oxygen atoms in total. The summed E-state index contributed by atoms with van der Waals surface area (Å²) < 4.78 is 0. The van der Waals surface area contributed by atoms with Gasteiger partial charge in [-0.3, -0.25) is 9.59 Å². The molecule has 1 aliphatic heterocycles. The lowest BCUT2D eigenvalue weighted by atomic mass is 10.1. The van der Waals surface area contributed by atoms with Crippen LogP contribution in [0.5, 0.6) is 0 Å². The molecule has 78 valence electrons. The highest BCUT2D eigenvalue weighted by Crippen LogP contribution is 2.11. The fourth-order valence-corrected chi connectivity index (χ4v) is 1.58. The topological polar surface area (TPSA) is 66.8 Å². The SMILES string of the molecule is CC(=O)C(N=O)C(=O)N1CCCCC1. The third-order valence-corrected chi connectivity index (χ3v) is 2.39. The van der Waals surface area contributed by atoms with Crippen LogP contribution in [0.1, 0.15) is 26.2 Å². The van der Waals surface area contributed by atoms with E-state index in [1.54, 1.807) is 4.90 Å². The minimum absolute atomic E-state index is 0.438. The van der Waals surface area contributed by atoms with E-state index in [9.17, 15) is 14.5 Å². The van der Waals surface area contributed by atoms with E-state index < -0.39 is 17.7 Å². The van der Waals surface area contributed by atoms with Crippen LogP contribution in [0.4, 0.5) is 0 Å². The van der Waals surface area contributed by atoms with Crippen molar-refractivity contribution in [2.24, 2.45) is 5.18 Å². The second kappa shape index (κ2) is 4.83. The van der Waals surface area contributed by atoms with E-state index in [4.69, 9.17) is 0 Å². The summed E-state index contributed by atoms with van der Waals surface area (Å²) >= 11 is 0. The molecule has 0 saturated carbocycles. The van der Waals surface area contributed by atoms with E-state index in [-0.39, 0.29) is 0 Å². The summed E-state index contributed by atoms with van der Waals surface area (Å²) in [6, 6.07) is -1.33. The average molecular weight is 198 g/mol. The van der Waals surface area contributed by atoms with Gasteiger partial charge in [-0.15, -0.1) is 4.91 Å². The maximum Gasteiger partial charge on any atom is 0.258 e. The number of piperidine rings is 1. The van der Waals surface area contributed by atoms with Gasteiger partial charge >= 0.3 is 0 Å². The molecule has 1 heterocycles. The van der Waals surface area contributed by atoms with Crippen molar-refractivity contribution in [2.45, 2.75) is 32.2 Å². The lowest BCUT2D eigenvalue weighted by Crippen LogP contribution is -2.43. The minimum Gasteiger partial charge on any atom is -0.340 e. The first-order valence-corrected chi connectivity index (χ1v) is 4.78. The van der Waals surface area contributed by atoms with Crippen LogP contribution in [0.25, 0.3) is 0 Å². The van der Waals surface area contributed by atoms with Crippen LogP contribution < -0.4 is 0 Å². The van der Waals surface area contributed by atoms with E-state index >= 15 is 0 Å². The second-order valence-corrected chi connectivity index (χ2v) is 3.50. The number of likely N-dealkylation sites (tertiary alicyclic amines) is 1. The van der Waals surface area contributed by atoms with Crippen molar-refractivity contribution in [2.75, 3.05) is 13.1 Å². The maximum absolute atomic E-state index is 11.6. The summed E-state index contributed by atoms with van der Waals surface area (Å²) in [5.41, 5.74) is 0. The molecule has 1 atom stereocenters. The first kappa shape index (κ1) is 10.8. The Kier molecular flexibility index (Phi) is 3.73. The Morgan fingerprint density at radius 1 is 1.21 bits per heavy atom. The molecule has 5 heteroatoms. The zero-order chi connectivity index (χ0) is 10.6. The van der Waals surface area contributed by atoms with Crippen LogP contribution >= 0.6 is 0 Å². The molecule has 0 aromatic carbocycles. The largest absolute Gasteiger partial charge is 0.340 e. The standard InChI is InChI=1S/C9H14N2O3/c1-7(12)8(10-14)9(13)11-5-3-2-4-6-11/h8H,2-6H2,1H3. The molecule has 1 saturated heterocycles. The number of rotatable bonds is 3. The van der Waals surface area contributed by atoms with Crippen molar-refractivity contribution < 1.29 is 9.59 Å². The molecule has 0 aromatic rings. The number of nitroso groups, excluding NO2 is 1. The zero-order valence-corrected chi connectivity index (χ0v) is 8.23. The van der Waals surface area contributed by atoms with Crippen molar-refractivity contribution in [1.82, 2.24) is 4.90 Å². The summed E-state index contributed by atoms with van der Waals surface area (Å²) in [5, 5.41) is 2.57. The van der Waals surface area contributed by atoms with E-state index in [0.29, 0.717) is 13.1 Å². The lowest BCUT2D eigenvalue weighted by molar-refractivity contribution is -0.137. The summed E-state index contributed by atoms with van der Waals surface area (Å²) in [5.74, 6) is -0.914. The number of hydrogen-bond donors (Lipinski definition) is 0. The Labute approximate surface area is 82.4 Å². The van der Waals surface area contributed by atoms with Gasteiger partial charge in [-0.05, 0) is 31.4 Å². The molecule has 0 radical (unpaired) electrons. The minimum atomic E-state index is -1.33. The lowest BCUT2D eigenvalue weighted by Gasteiger charge is -2.27. The smallest absolute Gasteiger partial charge is 0.258 e. The Balaban J connectivity index is 2.61. The highest BCUT2D eigenvalue weighted by atomic mass is 16.3. The van der Waals surface area contributed by atoms with E-state index in [0.717, 1.165) is 19.3 Å². The molecule has 0 N–H and O–H groups in total. The van der Waals surface area contributed by atoms with Gasteiger partial charge in [-0.2, -0.15) is 0 Å². The summed E-state index contributed by atoms with van der Waals surface area (Å²) in [4.78, 5) is 34.4. The third kappa shape index (κ3) is 2.37. The molecule has 0 aliphatic carbocycles. The molecule has 0 spiro atoms. The van der Waals surface area contributed by atoms with Gasteiger partial charge < -0.3 is 4.90 Å². The number of Topliss-reactive ketones (excluding diaryl/α,β-unsaturated/α-hetero) is 1. The number of nitrogens with zero attached hydrogens (tertiary/aromatic N) is 2. The number of hydrogen-bond acceptors (Lipinski definition) is 4. The molecule has 1 amide bonds. The van der Waals surface area contributed by atoms with Gasteiger partial charge in [0.2, 0.25) is 6.04 Å². The number of carbonyl (C=O) groups is 2. The van der Waals surface area contributed by atoms with Gasteiger partial charge in [0, 0.05) is 13.1 Å². The summed E-state index contributed by atoms with van der Waals surface area (Å²) in [7, 11) is 0. The van der Waals surface area contributed by atoms with Crippen molar-refractivity contribution >= 4 is 11.7 Å². The van der Waals surface area contributed by atoms with Crippen molar-refractivity contribution in [3.63, 3.8) is 0 Å². The summed E-state index contributed by atoms with van der Waals surface area (Å²) in [6.07, 6.45) is 2.98. The molecular formula is C9H14N2O3. The predicted octanol–water partition coefficient (Wildman–Crippen LogP) is 0.723. The third-order valence-electron chi connectivity index (χ3n) is 2.39. The van der Waals surface area contributed by atoms with Crippen molar-refractivity contribution in [3.8, 4) is 0 Å². The number of carbonyl (C=O) groups excluding carboxylic acids is 2. The van der Waals surface area contributed by atoms with Gasteiger partial charge in [0.15, 0.2) is 5.78 Å². The number of ketones is 1. The fourth-order valence-electron chi connectivity index (χ4n) is 1.58. The highest BCUT2D eigenvalue weighted by molar-refractivity contribution is 6.04. The maximum atomic E-state index is 11.6. The molecule has 1 unspecified atom stereocenters. The van der Waals surface area contributed by atoms with Gasteiger partial charge in [-0.25, -0.2) is 0 Å². The van der Waals surface area contributed by atoms with Gasteiger partial charge in [0.05, 0.1) is 0 Å². The van der Waals surface area contributed by atoms with Crippen LogP contribution in [0, 0.1) is 4.91 Å². The molecular weight excluding hydrogens is 184 g/mol. The second-order valence-electron chi connectivity index (χ2n) is 3.50. The average Bonchev–Trinajstić information content (AvgIpc) is 2.19. The summed E-state index contributed by atoms with van der Waals surface area (Å²) in [6.45, 7) is 2.49. The monoisotopic (exact) mass is 198 g/mol. The van der Waals surface area contributed by atoms with Crippen LogP contribution in [-0.2, 0) is 9.59 Å². The van der Waals surface area contributed by atoms with Crippen molar-refractivity contribution in [1.29, 1.82) is 0 Å². The Morgan fingerprint density at radius 3 is 2.21 bits per heavy atom. The highest BCUT2D eigenvalue weighted by Gasteiger charge is 2.29. The van der Waals surface area contributed by atoms with Gasteiger partial charge in [0.25, 0.3) is 5.91 Å². The van der Waals surface area contributed by atoms with Gasteiger partial charge in [-0.1, -0.05) is 0 Å². The molecule has 1 aliphatic rings. The van der Waals surface area contributed by atoms with E-state index in [2.05, 4.69) is 5.18 Å². The normalized spacial score (nSPS) is 18.8. The number of amides is 1.